The maximum absolute atomic E-state index is 12.9. The van der Waals surface area contributed by atoms with E-state index in [0.717, 1.165) is 21.9 Å². The van der Waals surface area contributed by atoms with Gasteiger partial charge in [0.05, 0.1) is 16.1 Å². The maximum atomic E-state index is 12.9. The fourth-order valence-electron chi connectivity index (χ4n) is 3.25. The molecule has 1 aromatic heterocycles. The SMILES string of the molecule is Cc1ccc(S(=O)(=O)/C=C/c2cc3ccccc3n2C(=O)OCc2ccccc2)cc1. The number of aromatic nitrogens is 1. The summed E-state index contributed by atoms with van der Waals surface area (Å²) in [6.07, 6.45) is 0.858. The van der Waals surface area contributed by atoms with Crippen molar-refractivity contribution in [1.29, 1.82) is 0 Å². The number of nitrogens with zero attached hydrogens (tertiary/aromatic N) is 1. The molecule has 0 aliphatic rings. The lowest BCUT2D eigenvalue weighted by molar-refractivity contribution is 0.142. The number of carbonyl (C=O) groups excluding carboxylic acids is 1. The van der Waals surface area contributed by atoms with Gasteiger partial charge in [-0.3, -0.25) is 0 Å². The van der Waals surface area contributed by atoms with E-state index in [1.54, 1.807) is 36.4 Å². The minimum absolute atomic E-state index is 0.122. The summed E-state index contributed by atoms with van der Waals surface area (Å²) in [7, 11) is -3.66. The van der Waals surface area contributed by atoms with Crippen LogP contribution in [0.3, 0.4) is 0 Å². The van der Waals surface area contributed by atoms with Crippen molar-refractivity contribution in [3.63, 3.8) is 0 Å². The summed E-state index contributed by atoms with van der Waals surface area (Å²) < 4.78 is 32.3. The fraction of sp³-hybridized carbons (Fsp3) is 0.0800. The molecule has 156 valence electrons. The van der Waals surface area contributed by atoms with Crippen LogP contribution in [0.2, 0.25) is 0 Å². The zero-order chi connectivity index (χ0) is 21.8. The Hall–Kier alpha value is -3.64. The van der Waals surface area contributed by atoms with E-state index in [4.69, 9.17) is 4.74 Å². The van der Waals surface area contributed by atoms with Crippen molar-refractivity contribution in [3.8, 4) is 0 Å². The van der Waals surface area contributed by atoms with Crippen molar-refractivity contribution in [1.82, 2.24) is 4.57 Å². The molecule has 0 saturated heterocycles. The lowest BCUT2D eigenvalue weighted by Crippen LogP contribution is -2.15. The van der Waals surface area contributed by atoms with E-state index in [-0.39, 0.29) is 11.5 Å². The van der Waals surface area contributed by atoms with Crippen LogP contribution in [0.15, 0.2) is 95.2 Å². The van der Waals surface area contributed by atoms with Crippen LogP contribution in [0, 0.1) is 6.92 Å². The number of fused-ring (bicyclic) bond motifs is 1. The number of aryl methyl sites for hydroxylation is 1. The van der Waals surface area contributed by atoms with E-state index in [2.05, 4.69) is 0 Å². The van der Waals surface area contributed by atoms with Gasteiger partial charge in [0, 0.05) is 10.8 Å². The standard InChI is InChI=1S/C25H21NO4S/c1-19-11-13-23(14-12-19)31(28,29)16-15-22-17-21-9-5-6-10-24(21)26(22)25(27)30-18-20-7-3-2-4-8-20/h2-17H,18H2,1H3/b16-15+. The van der Waals surface area contributed by atoms with Crippen molar-refractivity contribution in [3.05, 3.63) is 107 Å². The predicted octanol–water partition coefficient (Wildman–Crippen LogP) is 5.58. The molecule has 0 spiro atoms. The summed E-state index contributed by atoms with van der Waals surface area (Å²) in [5, 5.41) is 1.93. The summed E-state index contributed by atoms with van der Waals surface area (Å²) in [5.74, 6) is 0. The van der Waals surface area contributed by atoms with Gasteiger partial charge in [-0.1, -0.05) is 66.2 Å². The predicted molar refractivity (Wildman–Crippen MR) is 121 cm³/mol. The molecule has 0 fully saturated rings. The van der Waals surface area contributed by atoms with Crippen LogP contribution >= 0.6 is 0 Å². The van der Waals surface area contributed by atoms with Crippen molar-refractivity contribution in [2.45, 2.75) is 18.4 Å². The summed E-state index contributed by atoms with van der Waals surface area (Å²) in [5.41, 5.74) is 2.92. The van der Waals surface area contributed by atoms with E-state index >= 15 is 0 Å². The van der Waals surface area contributed by atoms with Gasteiger partial charge in [0.2, 0.25) is 0 Å². The van der Waals surface area contributed by atoms with Crippen LogP contribution in [0.4, 0.5) is 4.79 Å². The molecule has 0 radical (unpaired) electrons. The molecule has 1 heterocycles. The van der Waals surface area contributed by atoms with E-state index in [1.807, 2.05) is 55.5 Å². The number of hydrogen-bond donors (Lipinski definition) is 0. The first-order chi connectivity index (χ1) is 14.9. The van der Waals surface area contributed by atoms with Gasteiger partial charge in [-0.2, -0.15) is 0 Å². The van der Waals surface area contributed by atoms with E-state index in [1.165, 1.54) is 10.6 Å². The number of ether oxygens (including phenoxy) is 1. The van der Waals surface area contributed by atoms with Crippen molar-refractivity contribution < 1.29 is 17.9 Å². The highest BCUT2D eigenvalue weighted by Crippen LogP contribution is 2.23. The number of benzene rings is 3. The van der Waals surface area contributed by atoms with Gasteiger partial charge in [0.1, 0.15) is 6.61 Å². The third kappa shape index (κ3) is 4.59. The highest BCUT2D eigenvalue weighted by atomic mass is 32.2. The van der Waals surface area contributed by atoms with Gasteiger partial charge in [0.15, 0.2) is 9.84 Å². The molecule has 0 bridgehead atoms. The molecule has 0 N–H and O–H groups in total. The molecule has 3 aromatic carbocycles. The third-order valence-corrected chi connectivity index (χ3v) is 6.32. The van der Waals surface area contributed by atoms with E-state index < -0.39 is 15.9 Å². The van der Waals surface area contributed by atoms with Crippen LogP contribution in [0.25, 0.3) is 17.0 Å². The minimum atomic E-state index is -3.66. The Labute approximate surface area is 181 Å². The van der Waals surface area contributed by atoms with Gasteiger partial charge in [-0.25, -0.2) is 17.8 Å². The summed E-state index contributed by atoms with van der Waals surface area (Å²) in [4.78, 5) is 13.1. The van der Waals surface area contributed by atoms with Gasteiger partial charge < -0.3 is 4.74 Å². The number of sulfone groups is 1. The molecule has 0 aliphatic carbocycles. The Kier molecular flexibility index (Phi) is 5.73. The maximum Gasteiger partial charge on any atom is 0.419 e. The Bertz CT molecular complexity index is 1350. The zero-order valence-electron chi connectivity index (χ0n) is 16.9. The van der Waals surface area contributed by atoms with Gasteiger partial charge in [-0.15, -0.1) is 0 Å². The molecule has 6 heteroatoms. The Morgan fingerprint density at radius 2 is 1.61 bits per heavy atom. The van der Waals surface area contributed by atoms with Gasteiger partial charge in [-0.05, 0) is 42.8 Å². The number of hydrogen-bond acceptors (Lipinski definition) is 4. The molecule has 31 heavy (non-hydrogen) atoms. The van der Waals surface area contributed by atoms with Crippen LogP contribution in [-0.4, -0.2) is 19.1 Å². The molecule has 0 amide bonds. The van der Waals surface area contributed by atoms with Crippen molar-refractivity contribution in [2.75, 3.05) is 0 Å². The van der Waals surface area contributed by atoms with Crippen LogP contribution in [-0.2, 0) is 21.2 Å². The van der Waals surface area contributed by atoms with Crippen LogP contribution < -0.4 is 0 Å². The molecule has 5 nitrogen and oxygen atoms in total. The Balaban J connectivity index is 1.67. The number of para-hydroxylation sites is 1. The molecule has 0 saturated carbocycles. The average Bonchev–Trinajstić information content (AvgIpc) is 3.16. The normalized spacial score (nSPS) is 11.8. The minimum Gasteiger partial charge on any atom is -0.444 e. The second-order valence-electron chi connectivity index (χ2n) is 7.16. The topological polar surface area (TPSA) is 65.4 Å². The quantitative estimate of drug-likeness (QED) is 0.414. The number of carbonyl (C=O) groups is 1. The second-order valence-corrected chi connectivity index (χ2v) is 9.00. The Morgan fingerprint density at radius 3 is 2.35 bits per heavy atom. The summed E-state index contributed by atoms with van der Waals surface area (Å²) in [6.45, 7) is 2.02. The molecule has 0 unspecified atom stereocenters. The zero-order valence-corrected chi connectivity index (χ0v) is 17.7. The van der Waals surface area contributed by atoms with Gasteiger partial charge >= 0.3 is 6.09 Å². The summed E-state index contributed by atoms with van der Waals surface area (Å²) >= 11 is 0. The largest absolute Gasteiger partial charge is 0.444 e. The smallest absolute Gasteiger partial charge is 0.419 e. The van der Waals surface area contributed by atoms with E-state index in [0.29, 0.717) is 11.2 Å². The summed E-state index contributed by atoms with van der Waals surface area (Å²) in [6, 6.07) is 25.1. The fourth-order valence-corrected chi connectivity index (χ4v) is 4.24. The molecular weight excluding hydrogens is 410 g/mol. The first-order valence-corrected chi connectivity index (χ1v) is 11.3. The van der Waals surface area contributed by atoms with Gasteiger partial charge in [0.25, 0.3) is 0 Å². The monoisotopic (exact) mass is 431 g/mol. The molecule has 4 rings (SSSR count). The lowest BCUT2D eigenvalue weighted by atomic mass is 10.2. The first kappa shape index (κ1) is 20.6. The molecule has 0 atom stereocenters. The second kappa shape index (κ2) is 8.62. The average molecular weight is 432 g/mol. The van der Waals surface area contributed by atoms with Crippen molar-refractivity contribution in [2.24, 2.45) is 0 Å². The highest BCUT2D eigenvalue weighted by molar-refractivity contribution is 7.94. The number of rotatable bonds is 5. The molecule has 4 aromatic rings. The van der Waals surface area contributed by atoms with Crippen molar-refractivity contribution >= 4 is 32.9 Å². The van der Waals surface area contributed by atoms with Crippen LogP contribution in [0.5, 0.6) is 0 Å². The van der Waals surface area contributed by atoms with E-state index in [9.17, 15) is 13.2 Å². The van der Waals surface area contributed by atoms with Crippen LogP contribution in [0.1, 0.15) is 16.8 Å². The Morgan fingerprint density at radius 1 is 0.935 bits per heavy atom. The molecular formula is C25H21NO4S. The lowest BCUT2D eigenvalue weighted by Gasteiger charge is -2.09. The molecule has 0 aliphatic heterocycles. The third-order valence-electron chi connectivity index (χ3n) is 4.89. The highest BCUT2D eigenvalue weighted by Gasteiger charge is 2.16. The first-order valence-electron chi connectivity index (χ1n) is 9.75.